The van der Waals surface area contributed by atoms with Crippen LogP contribution in [0.2, 0.25) is 0 Å². The molecule has 11 aromatic rings. The van der Waals surface area contributed by atoms with Crippen molar-refractivity contribution in [2.75, 3.05) is 4.90 Å². The largest absolute Gasteiger partial charge is 0.455 e. The standard InChI is InChI=1S/C60H41NO/c1-4-18-42(19-5-1)44-34-37-48(38-35-44)61(49-25-16-24-47(40-49)51-30-17-31-56-55-29-13-15-33-59(55)62-60(51)56)58-32-14-12-28-54(58)53-39-36-46(43-20-6-2-7-21-43)41-57(53)52-27-11-10-26-50(52)45-22-8-3-9-23-45/h1-41H. The van der Waals surface area contributed by atoms with E-state index in [-0.39, 0.29) is 0 Å². The Balaban J connectivity index is 1.13. The van der Waals surface area contributed by atoms with Crippen LogP contribution in [0.15, 0.2) is 253 Å². The van der Waals surface area contributed by atoms with Crippen molar-refractivity contribution >= 4 is 39.0 Å². The number of anilines is 3. The second-order valence-corrected chi connectivity index (χ2v) is 15.6. The van der Waals surface area contributed by atoms with Crippen LogP contribution in [0.4, 0.5) is 17.1 Å². The molecular weight excluding hydrogens is 751 g/mol. The minimum absolute atomic E-state index is 0.892. The first kappa shape index (κ1) is 36.8. The molecule has 0 unspecified atom stereocenters. The van der Waals surface area contributed by atoms with E-state index < -0.39 is 0 Å². The molecule has 0 aliphatic heterocycles. The number of para-hydroxylation sites is 3. The van der Waals surface area contributed by atoms with Crippen LogP contribution >= 0.6 is 0 Å². The third-order valence-electron chi connectivity index (χ3n) is 11.9. The van der Waals surface area contributed by atoms with E-state index in [1.54, 1.807) is 0 Å². The van der Waals surface area contributed by atoms with Crippen LogP contribution in [0.1, 0.15) is 0 Å². The maximum atomic E-state index is 6.56. The van der Waals surface area contributed by atoms with Gasteiger partial charge in [-0.2, -0.15) is 0 Å². The van der Waals surface area contributed by atoms with E-state index in [0.29, 0.717) is 0 Å². The van der Waals surface area contributed by atoms with Crippen molar-refractivity contribution in [1.82, 2.24) is 0 Å². The fraction of sp³-hybridized carbons (Fsp3) is 0. The van der Waals surface area contributed by atoms with Crippen molar-refractivity contribution in [1.29, 1.82) is 0 Å². The second-order valence-electron chi connectivity index (χ2n) is 15.6. The number of benzene rings is 10. The average Bonchev–Trinajstić information content (AvgIpc) is 3.74. The minimum atomic E-state index is 0.892. The Bertz CT molecular complexity index is 3330. The molecule has 0 spiro atoms. The van der Waals surface area contributed by atoms with E-state index in [9.17, 15) is 0 Å². The van der Waals surface area contributed by atoms with Gasteiger partial charge in [-0.05, 0) is 98.1 Å². The molecule has 10 aromatic carbocycles. The first-order valence-electron chi connectivity index (χ1n) is 21.2. The molecule has 292 valence electrons. The quantitative estimate of drug-likeness (QED) is 0.145. The summed E-state index contributed by atoms with van der Waals surface area (Å²) in [6.45, 7) is 0. The summed E-state index contributed by atoms with van der Waals surface area (Å²) in [7, 11) is 0. The maximum absolute atomic E-state index is 6.56. The minimum Gasteiger partial charge on any atom is -0.455 e. The number of nitrogens with zero attached hydrogens (tertiary/aromatic N) is 1. The summed E-state index contributed by atoms with van der Waals surface area (Å²) in [5, 5.41) is 2.24. The Morgan fingerprint density at radius 3 is 1.53 bits per heavy atom. The summed E-state index contributed by atoms with van der Waals surface area (Å²) in [5.41, 5.74) is 18.8. The molecule has 0 aliphatic rings. The third-order valence-corrected chi connectivity index (χ3v) is 11.9. The zero-order valence-corrected chi connectivity index (χ0v) is 34.0. The van der Waals surface area contributed by atoms with E-state index in [1.165, 1.54) is 44.5 Å². The molecule has 11 rings (SSSR count). The Hall–Kier alpha value is -8.20. The molecule has 0 saturated heterocycles. The molecule has 0 fully saturated rings. The van der Waals surface area contributed by atoms with Crippen molar-refractivity contribution in [2.24, 2.45) is 0 Å². The lowest BCUT2D eigenvalue weighted by Crippen LogP contribution is -2.11. The van der Waals surface area contributed by atoms with Gasteiger partial charge < -0.3 is 9.32 Å². The fourth-order valence-electron chi connectivity index (χ4n) is 8.94. The summed E-state index contributed by atoms with van der Waals surface area (Å²) in [6.07, 6.45) is 0. The molecule has 62 heavy (non-hydrogen) atoms. The number of hydrogen-bond acceptors (Lipinski definition) is 2. The zero-order chi connectivity index (χ0) is 41.2. The van der Waals surface area contributed by atoms with E-state index in [0.717, 1.165) is 61.3 Å². The fourth-order valence-corrected chi connectivity index (χ4v) is 8.94. The van der Waals surface area contributed by atoms with Crippen molar-refractivity contribution in [3.63, 3.8) is 0 Å². The highest BCUT2D eigenvalue weighted by Gasteiger charge is 2.22. The van der Waals surface area contributed by atoms with Gasteiger partial charge in [-0.25, -0.2) is 0 Å². The lowest BCUT2D eigenvalue weighted by molar-refractivity contribution is 0.670. The molecule has 2 heteroatoms. The SMILES string of the molecule is c1ccc(-c2ccc(N(c3cccc(-c4cccc5c4oc4ccccc45)c3)c3ccccc3-c3ccc(-c4ccccc4)cc3-c3ccccc3-c3ccccc3)cc2)cc1. The monoisotopic (exact) mass is 791 g/mol. The Labute approximate surface area is 362 Å². The summed E-state index contributed by atoms with van der Waals surface area (Å²) in [4.78, 5) is 2.41. The molecule has 0 amide bonds. The predicted molar refractivity (Wildman–Crippen MR) is 261 cm³/mol. The molecule has 0 N–H and O–H groups in total. The first-order chi connectivity index (χ1) is 30.8. The van der Waals surface area contributed by atoms with Crippen molar-refractivity contribution < 1.29 is 4.42 Å². The summed E-state index contributed by atoms with van der Waals surface area (Å²) in [6, 6.07) is 89.1. The Morgan fingerprint density at radius 1 is 0.258 bits per heavy atom. The zero-order valence-electron chi connectivity index (χ0n) is 34.0. The highest BCUT2D eigenvalue weighted by Crippen LogP contribution is 2.47. The molecule has 2 nitrogen and oxygen atoms in total. The molecule has 0 saturated carbocycles. The first-order valence-corrected chi connectivity index (χ1v) is 21.2. The van der Waals surface area contributed by atoms with Gasteiger partial charge in [0, 0.05) is 33.3 Å². The third kappa shape index (κ3) is 6.84. The molecule has 0 radical (unpaired) electrons. The molecular formula is C60H41NO. The average molecular weight is 792 g/mol. The highest BCUT2D eigenvalue weighted by molar-refractivity contribution is 6.10. The van der Waals surface area contributed by atoms with E-state index in [4.69, 9.17) is 4.42 Å². The Morgan fingerprint density at radius 2 is 0.774 bits per heavy atom. The molecule has 1 heterocycles. The van der Waals surface area contributed by atoms with Crippen LogP contribution in [0.25, 0.3) is 88.7 Å². The molecule has 0 bridgehead atoms. The smallest absolute Gasteiger partial charge is 0.143 e. The normalized spacial score (nSPS) is 11.2. The molecule has 0 aliphatic carbocycles. The predicted octanol–water partition coefficient (Wildman–Crippen LogP) is 17.1. The second kappa shape index (κ2) is 16.1. The van der Waals surface area contributed by atoms with Crippen molar-refractivity contribution in [2.45, 2.75) is 0 Å². The van der Waals surface area contributed by atoms with Gasteiger partial charge in [-0.1, -0.05) is 206 Å². The van der Waals surface area contributed by atoms with Gasteiger partial charge in [0.2, 0.25) is 0 Å². The van der Waals surface area contributed by atoms with Gasteiger partial charge >= 0.3 is 0 Å². The van der Waals surface area contributed by atoms with Crippen LogP contribution in [0.5, 0.6) is 0 Å². The van der Waals surface area contributed by atoms with Crippen LogP contribution in [-0.4, -0.2) is 0 Å². The van der Waals surface area contributed by atoms with Crippen LogP contribution in [0.3, 0.4) is 0 Å². The van der Waals surface area contributed by atoms with E-state index in [2.05, 4.69) is 241 Å². The summed E-state index contributed by atoms with van der Waals surface area (Å²) in [5.74, 6) is 0. The molecule has 0 atom stereocenters. The number of rotatable bonds is 9. The van der Waals surface area contributed by atoms with Gasteiger partial charge in [0.15, 0.2) is 0 Å². The van der Waals surface area contributed by atoms with Crippen LogP contribution in [0, 0.1) is 0 Å². The maximum Gasteiger partial charge on any atom is 0.143 e. The van der Waals surface area contributed by atoms with Gasteiger partial charge in [-0.15, -0.1) is 0 Å². The number of hydrogen-bond donors (Lipinski definition) is 0. The highest BCUT2D eigenvalue weighted by atomic mass is 16.3. The van der Waals surface area contributed by atoms with Gasteiger partial charge in [0.1, 0.15) is 11.2 Å². The van der Waals surface area contributed by atoms with Crippen LogP contribution < -0.4 is 4.90 Å². The van der Waals surface area contributed by atoms with Crippen molar-refractivity contribution in [3.8, 4) is 66.8 Å². The van der Waals surface area contributed by atoms with Gasteiger partial charge in [0.25, 0.3) is 0 Å². The van der Waals surface area contributed by atoms with Crippen LogP contribution in [-0.2, 0) is 0 Å². The Kier molecular flexibility index (Phi) is 9.57. The lowest BCUT2D eigenvalue weighted by Gasteiger charge is -2.29. The van der Waals surface area contributed by atoms with E-state index in [1.807, 2.05) is 12.1 Å². The van der Waals surface area contributed by atoms with Gasteiger partial charge in [0.05, 0.1) is 5.69 Å². The molecule has 1 aromatic heterocycles. The summed E-state index contributed by atoms with van der Waals surface area (Å²) >= 11 is 0. The number of furan rings is 1. The lowest BCUT2D eigenvalue weighted by atomic mass is 9.86. The van der Waals surface area contributed by atoms with Crippen molar-refractivity contribution in [3.05, 3.63) is 249 Å². The topological polar surface area (TPSA) is 16.4 Å². The summed E-state index contributed by atoms with van der Waals surface area (Å²) < 4.78 is 6.56. The van der Waals surface area contributed by atoms with E-state index >= 15 is 0 Å². The number of fused-ring (bicyclic) bond motifs is 3. The van der Waals surface area contributed by atoms with Gasteiger partial charge in [-0.3, -0.25) is 0 Å².